The second kappa shape index (κ2) is 3.94. The second-order valence-corrected chi connectivity index (χ2v) is 3.47. The molecule has 0 bridgehead atoms. The minimum absolute atomic E-state index is 0.0127. The van der Waals surface area contributed by atoms with Crippen molar-refractivity contribution in [3.05, 3.63) is 35.1 Å². The van der Waals surface area contributed by atoms with Gasteiger partial charge in [0.25, 0.3) is 0 Å². The Kier molecular flexibility index (Phi) is 2.62. The maximum Gasteiger partial charge on any atom is 0.218 e. The lowest BCUT2D eigenvalue weighted by Gasteiger charge is -2.03. The van der Waals surface area contributed by atoms with Crippen LogP contribution in [0.5, 0.6) is 11.8 Å². The lowest BCUT2D eigenvalue weighted by atomic mass is 10.2. The summed E-state index contributed by atoms with van der Waals surface area (Å²) in [6, 6.07) is 4.79. The van der Waals surface area contributed by atoms with Gasteiger partial charge in [0.05, 0.1) is 11.6 Å². The topological polar surface area (TPSA) is 66.2 Å². The Balaban J connectivity index is 2.62. The molecule has 0 aliphatic heterocycles. The second-order valence-electron chi connectivity index (χ2n) is 3.03. The third-order valence-corrected chi connectivity index (χ3v) is 2.10. The molecule has 0 aliphatic carbocycles. The first-order valence-corrected chi connectivity index (χ1v) is 4.66. The number of hydrogen-bond acceptors (Lipinski definition) is 4. The molecular weight excluding hydrogens is 235 g/mol. The number of rotatable bonds is 1. The summed E-state index contributed by atoms with van der Waals surface area (Å²) in [5.41, 5.74) is 0.0127. The first kappa shape index (κ1) is 10.6. The molecule has 16 heavy (non-hydrogen) atoms. The van der Waals surface area contributed by atoms with Crippen molar-refractivity contribution in [2.24, 2.45) is 0 Å². The molecule has 0 radical (unpaired) electrons. The fraction of sp³-hybridized carbons (Fsp3) is 0. The molecule has 1 aromatic heterocycles. The Labute approximate surface area is 95.0 Å². The lowest BCUT2D eigenvalue weighted by molar-refractivity contribution is 0.422. The van der Waals surface area contributed by atoms with E-state index < -0.39 is 17.6 Å². The third-order valence-electron chi connectivity index (χ3n) is 1.87. The first-order valence-electron chi connectivity index (χ1n) is 4.28. The van der Waals surface area contributed by atoms with Crippen LogP contribution in [0.4, 0.5) is 4.39 Å². The Morgan fingerprint density at radius 3 is 2.31 bits per heavy atom. The third kappa shape index (κ3) is 2.04. The van der Waals surface area contributed by atoms with Crippen molar-refractivity contribution < 1.29 is 14.6 Å². The summed E-state index contributed by atoms with van der Waals surface area (Å²) in [5, 5.41) is 18.6. The zero-order valence-electron chi connectivity index (χ0n) is 7.85. The predicted molar refractivity (Wildman–Crippen MR) is 55.8 cm³/mol. The van der Waals surface area contributed by atoms with Crippen molar-refractivity contribution in [1.82, 2.24) is 9.97 Å². The molecule has 0 spiro atoms. The van der Waals surface area contributed by atoms with Gasteiger partial charge in [0.15, 0.2) is 5.82 Å². The van der Waals surface area contributed by atoms with Crippen LogP contribution in [0.3, 0.4) is 0 Å². The van der Waals surface area contributed by atoms with E-state index in [1.807, 2.05) is 0 Å². The minimum Gasteiger partial charge on any atom is -0.493 e. The van der Waals surface area contributed by atoms with Gasteiger partial charge in [-0.1, -0.05) is 11.6 Å². The van der Waals surface area contributed by atoms with Crippen LogP contribution in [0.1, 0.15) is 0 Å². The van der Waals surface area contributed by atoms with E-state index in [4.69, 9.17) is 21.8 Å². The van der Waals surface area contributed by atoms with Crippen LogP contribution in [0, 0.1) is 5.82 Å². The van der Waals surface area contributed by atoms with E-state index in [-0.39, 0.29) is 11.4 Å². The van der Waals surface area contributed by atoms with Gasteiger partial charge in [-0.15, -0.1) is 0 Å². The van der Waals surface area contributed by atoms with Crippen molar-refractivity contribution in [3.63, 3.8) is 0 Å². The van der Waals surface area contributed by atoms with Crippen LogP contribution in [0.2, 0.25) is 5.02 Å². The molecule has 0 amide bonds. The monoisotopic (exact) mass is 240 g/mol. The molecule has 0 atom stereocenters. The number of halogens is 2. The molecule has 0 saturated carbocycles. The summed E-state index contributed by atoms with van der Waals surface area (Å²) in [7, 11) is 0. The van der Waals surface area contributed by atoms with Gasteiger partial charge < -0.3 is 10.2 Å². The molecule has 6 heteroatoms. The molecule has 82 valence electrons. The van der Waals surface area contributed by atoms with Gasteiger partial charge in [-0.25, -0.2) is 4.39 Å². The standard InChI is InChI=1S/C10H6ClFN2O2/c11-5-1-2-7(12)6(3-5)10-13-8(15)4-9(16)14-10/h1-4H,(H2,13,14,15,16). The van der Waals surface area contributed by atoms with Crippen LogP contribution in [0.15, 0.2) is 24.3 Å². The SMILES string of the molecule is Oc1cc(O)nc(-c2cc(Cl)ccc2F)n1. The molecule has 0 aliphatic rings. The highest BCUT2D eigenvalue weighted by Crippen LogP contribution is 2.26. The van der Waals surface area contributed by atoms with E-state index in [2.05, 4.69) is 9.97 Å². The van der Waals surface area contributed by atoms with Gasteiger partial charge in [0.2, 0.25) is 11.8 Å². The molecule has 1 heterocycles. The van der Waals surface area contributed by atoms with E-state index in [1.165, 1.54) is 12.1 Å². The molecular formula is C10H6ClFN2O2. The van der Waals surface area contributed by atoms with E-state index in [0.717, 1.165) is 12.1 Å². The highest BCUT2D eigenvalue weighted by Gasteiger charge is 2.11. The average Bonchev–Trinajstić information content (AvgIpc) is 2.20. The van der Waals surface area contributed by atoms with Crippen LogP contribution >= 0.6 is 11.6 Å². The molecule has 4 nitrogen and oxygen atoms in total. The molecule has 0 fully saturated rings. The van der Waals surface area contributed by atoms with E-state index in [0.29, 0.717) is 5.02 Å². The van der Waals surface area contributed by atoms with Crippen LogP contribution in [-0.2, 0) is 0 Å². The van der Waals surface area contributed by atoms with Gasteiger partial charge in [-0.3, -0.25) is 0 Å². The average molecular weight is 241 g/mol. The first-order chi connectivity index (χ1) is 7.56. The lowest BCUT2D eigenvalue weighted by Crippen LogP contribution is -1.92. The predicted octanol–water partition coefficient (Wildman–Crippen LogP) is 2.35. The highest BCUT2D eigenvalue weighted by atomic mass is 35.5. The summed E-state index contributed by atoms with van der Waals surface area (Å²) >= 11 is 5.70. The van der Waals surface area contributed by atoms with Gasteiger partial charge >= 0.3 is 0 Å². The fourth-order valence-corrected chi connectivity index (χ4v) is 1.38. The molecule has 0 unspecified atom stereocenters. The summed E-state index contributed by atoms with van der Waals surface area (Å²) in [6.07, 6.45) is 0. The smallest absolute Gasteiger partial charge is 0.218 e. The highest BCUT2D eigenvalue weighted by molar-refractivity contribution is 6.30. The molecule has 1 aromatic carbocycles. The summed E-state index contributed by atoms with van der Waals surface area (Å²) in [5.74, 6) is -1.60. The maximum atomic E-state index is 13.4. The normalized spacial score (nSPS) is 10.4. The molecule has 0 saturated heterocycles. The fourth-order valence-electron chi connectivity index (χ4n) is 1.21. The summed E-state index contributed by atoms with van der Waals surface area (Å²) < 4.78 is 13.4. The quantitative estimate of drug-likeness (QED) is 0.803. The molecule has 2 aromatic rings. The minimum atomic E-state index is -0.589. The zero-order chi connectivity index (χ0) is 11.7. The number of aromatic hydroxyl groups is 2. The van der Waals surface area contributed by atoms with E-state index >= 15 is 0 Å². The van der Waals surface area contributed by atoms with Gasteiger partial charge in [0, 0.05) is 5.02 Å². The van der Waals surface area contributed by atoms with Gasteiger partial charge in [-0.2, -0.15) is 9.97 Å². The number of benzene rings is 1. The van der Waals surface area contributed by atoms with Crippen LogP contribution < -0.4 is 0 Å². The molecule has 2 N–H and O–H groups in total. The Morgan fingerprint density at radius 1 is 1.06 bits per heavy atom. The van der Waals surface area contributed by atoms with Crippen molar-refractivity contribution in [3.8, 4) is 23.1 Å². The van der Waals surface area contributed by atoms with Crippen molar-refractivity contribution >= 4 is 11.6 Å². The molecule has 2 rings (SSSR count). The van der Waals surface area contributed by atoms with Crippen molar-refractivity contribution in [1.29, 1.82) is 0 Å². The van der Waals surface area contributed by atoms with Gasteiger partial charge in [0.1, 0.15) is 5.82 Å². The van der Waals surface area contributed by atoms with Gasteiger partial charge in [-0.05, 0) is 18.2 Å². The number of aromatic nitrogens is 2. The van der Waals surface area contributed by atoms with Crippen LogP contribution in [-0.4, -0.2) is 20.2 Å². The van der Waals surface area contributed by atoms with E-state index in [9.17, 15) is 4.39 Å². The number of hydrogen-bond donors (Lipinski definition) is 2. The number of nitrogens with zero attached hydrogens (tertiary/aromatic N) is 2. The zero-order valence-corrected chi connectivity index (χ0v) is 8.61. The largest absolute Gasteiger partial charge is 0.493 e. The Morgan fingerprint density at radius 2 is 1.69 bits per heavy atom. The summed E-state index contributed by atoms with van der Waals surface area (Å²) in [6.45, 7) is 0. The van der Waals surface area contributed by atoms with Crippen molar-refractivity contribution in [2.45, 2.75) is 0 Å². The maximum absolute atomic E-state index is 13.4. The Hall–Kier alpha value is -1.88. The summed E-state index contributed by atoms with van der Waals surface area (Å²) in [4.78, 5) is 7.18. The Bertz CT molecular complexity index is 528. The van der Waals surface area contributed by atoms with Crippen LogP contribution in [0.25, 0.3) is 11.4 Å². The van der Waals surface area contributed by atoms with E-state index in [1.54, 1.807) is 0 Å². The van der Waals surface area contributed by atoms with Crippen molar-refractivity contribution in [2.75, 3.05) is 0 Å².